The van der Waals surface area contributed by atoms with Crippen LogP contribution in [0.4, 0.5) is 0 Å². The first-order chi connectivity index (χ1) is 10.7. The largest absolute Gasteiger partial charge is 0.485 e. The normalized spacial score (nSPS) is 20.7. The van der Waals surface area contributed by atoms with Crippen LogP contribution < -0.4 is 10.5 Å². The highest BCUT2D eigenvalue weighted by Gasteiger charge is 2.32. The molecule has 1 saturated carbocycles. The van der Waals surface area contributed by atoms with E-state index in [9.17, 15) is 0 Å². The molecular formula is C17H24N4O. The number of nitrogens with two attached hydrogens (primary N) is 1. The van der Waals surface area contributed by atoms with Gasteiger partial charge in [-0.3, -0.25) is 0 Å². The molecule has 0 radical (unpaired) electrons. The van der Waals surface area contributed by atoms with Gasteiger partial charge in [0.15, 0.2) is 5.82 Å². The zero-order valence-corrected chi connectivity index (χ0v) is 13.3. The van der Waals surface area contributed by atoms with E-state index in [1.165, 1.54) is 5.56 Å². The van der Waals surface area contributed by atoms with E-state index in [0.717, 1.165) is 43.2 Å². The van der Waals surface area contributed by atoms with Crippen LogP contribution >= 0.6 is 0 Å². The highest BCUT2D eigenvalue weighted by atomic mass is 16.5. The van der Waals surface area contributed by atoms with Gasteiger partial charge in [0.25, 0.3) is 0 Å². The quantitative estimate of drug-likeness (QED) is 0.890. The molecule has 0 aliphatic heterocycles. The molecule has 0 unspecified atom stereocenters. The summed E-state index contributed by atoms with van der Waals surface area (Å²) in [6.07, 6.45) is 2.98. The number of hydrogen-bond acceptors (Lipinski definition) is 4. The summed E-state index contributed by atoms with van der Waals surface area (Å²) in [5.41, 5.74) is 7.11. The highest BCUT2D eigenvalue weighted by molar-refractivity contribution is 5.33. The summed E-state index contributed by atoms with van der Waals surface area (Å²) in [5, 5.41) is 8.71. The third-order valence-electron chi connectivity index (χ3n) is 4.42. The molecule has 0 atom stereocenters. The van der Waals surface area contributed by atoms with Crippen molar-refractivity contribution in [3.8, 4) is 5.75 Å². The minimum absolute atomic E-state index is 0.322. The monoisotopic (exact) mass is 300 g/mol. The number of aromatic nitrogens is 3. The van der Waals surface area contributed by atoms with Crippen molar-refractivity contribution in [2.45, 2.75) is 58.2 Å². The first-order valence-corrected chi connectivity index (χ1v) is 8.11. The van der Waals surface area contributed by atoms with Crippen molar-refractivity contribution in [1.82, 2.24) is 14.8 Å². The smallest absolute Gasteiger partial charge is 0.171 e. The van der Waals surface area contributed by atoms with Gasteiger partial charge < -0.3 is 15.0 Å². The van der Waals surface area contributed by atoms with Crippen LogP contribution in [0.15, 0.2) is 24.3 Å². The van der Waals surface area contributed by atoms with E-state index in [2.05, 4.69) is 34.7 Å². The molecule has 2 aromatic rings. The van der Waals surface area contributed by atoms with Crippen molar-refractivity contribution < 1.29 is 4.74 Å². The van der Waals surface area contributed by atoms with Gasteiger partial charge in [-0.25, -0.2) is 0 Å². The van der Waals surface area contributed by atoms with E-state index in [4.69, 9.17) is 10.5 Å². The number of para-hydroxylation sites is 1. The molecule has 0 saturated heterocycles. The maximum atomic E-state index is 5.97. The standard InChI is InChI=1S/C17H24N4O/c1-3-12-7-5-6-8-15(12)22-11-16-19-20-17(21(16)4-2)13-9-14(18)10-13/h5-8,13-14H,3-4,9-11,18H2,1-2H3. The van der Waals surface area contributed by atoms with E-state index < -0.39 is 0 Å². The fourth-order valence-corrected chi connectivity index (χ4v) is 3.05. The van der Waals surface area contributed by atoms with Crippen LogP contribution in [0.1, 0.15) is 49.8 Å². The number of rotatable bonds is 6. The molecule has 1 fully saturated rings. The van der Waals surface area contributed by atoms with Gasteiger partial charge in [0, 0.05) is 18.5 Å². The van der Waals surface area contributed by atoms with E-state index in [1.807, 2.05) is 18.2 Å². The van der Waals surface area contributed by atoms with Gasteiger partial charge in [-0.15, -0.1) is 10.2 Å². The lowest BCUT2D eigenvalue weighted by molar-refractivity contribution is 0.283. The molecule has 118 valence electrons. The lowest BCUT2D eigenvalue weighted by atomic mass is 9.80. The average molecular weight is 300 g/mol. The Kier molecular flexibility index (Phi) is 4.43. The molecule has 1 aromatic carbocycles. The Bertz CT molecular complexity index is 631. The molecule has 3 rings (SSSR count). The van der Waals surface area contributed by atoms with Crippen LogP contribution in [0.25, 0.3) is 0 Å². The first kappa shape index (κ1) is 15.0. The minimum Gasteiger partial charge on any atom is -0.485 e. The summed E-state index contributed by atoms with van der Waals surface area (Å²) in [7, 11) is 0. The van der Waals surface area contributed by atoms with Gasteiger partial charge in [0.1, 0.15) is 18.2 Å². The van der Waals surface area contributed by atoms with Crippen LogP contribution in [0.5, 0.6) is 5.75 Å². The van der Waals surface area contributed by atoms with Gasteiger partial charge in [-0.05, 0) is 37.8 Å². The molecule has 1 aliphatic carbocycles. The van der Waals surface area contributed by atoms with E-state index in [-0.39, 0.29) is 0 Å². The molecule has 0 amide bonds. The molecule has 22 heavy (non-hydrogen) atoms. The van der Waals surface area contributed by atoms with Gasteiger partial charge in [0.2, 0.25) is 0 Å². The molecule has 5 heteroatoms. The Labute approximate surface area is 131 Å². The van der Waals surface area contributed by atoms with Crippen molar-refractivity contribution in [2.75, 3.05) is 0 Å². The fraction of sp³-hybridized carbons (Fsp3) is 0.529. The van der Waals surface area contributed by atoms with Gasteiger partial charge in [0.05, 0.1) is 0 Å². The highest BCUT2D eigenvalue weighted by Crippen LogP contribution is 2.34. The number of ether oxygens (including phenoxy) is 1. The van der Waals surface area contributed by atoms with E-state index in [1.54, 1.807) is 0 Å². The van der Waals surface area contributed by atoms with Crippen LogP contribution in [-0.2, 0) is 19.6 Å². The predicted molar refractivity (Wildman–Crippen MR) is 85.8 cm³/mol. The van der Waals surface area contributed by atoms with E-state index >= 15 is 0 Å². The van der Waals surface area contributed by atoms with Crippen LogP contribution in [0.3, 0.4) is 0 Å². The Hall–Kier alpha value is -1.88. The molecule has 2 N–H and O–H groups in total. The first-order valence-electron chi connectivity index (χ1n) is 8.11. The lowest BCUT2D eigenvalue weighted by Crippen LogP contribution is -2.36. The number of aryl methyl sites for hydroxylation is 1. The molecule has 1 aromatic heterocycles. The summed E-state index contributed by atoms with van der Waals surface area (Å²) in [4.78, 5) is 0. The predicted octanol–water partition coefficient (Wildman–Crippen LogP) is 2.64. The third kappa shape index (κ3) is 2.86. The fourth-order valence-electron chi connectivity index (χ4n) is 3.05. The molecular weight excluding hydrogens is 276 g/mol. The summed E-state index contributed by atoms with van der Waals surface area (Å²) in [6, 6.07) is 8.47. The van der Waals surface area contributed by atoms with Crippen molar-refractivity contribution in [3.63, 3.8) is 0 Å². The Morgan fingerprint density at radius 3 is 2.68 bits per heavy atom. The zero-order valence-electron chi connectivity index (χ0n) is 13.3. The Balaban J connectivity index is 1.72. The van der Waals surface area contributed by atoms with Crippen molar-refractivity contribution in [2.24, 2.45) is 5.73 Å². The van der Waals surface area contributed by atoms with Crippen molar-refractivity contribution in [1.29, 1.82) is 0 Å². The van der Waals surface area contributed by atoms with Crippen molar-refractivity contribution >= 4 is 0 Å². The molecule has 0 bridgehead atoms. The Morgan fingerprint density at radius 2 is 2.00 bits per heavy atom. The number of benzene rings is 1. The zero-order chi connectivity index (χ0) is 15.5. The van der Waals surface area contributed by atoms with Crippen LogP contribution in [0, 0.1) is 0 Å². The van der Waals surface area contributed by atoms with Crippen LogP contribution in [0.2, 0.25) is 0 Å². The lowest BCUT2D eigenvalue weighted by Gasteiger charge is -2.31. The minimum atomic E-state index is 0.322. The molecule has 1 aliphatic rings. The van der Waals surface area contributed by atoms with Crippen molar-refractivity contribution in [3.05, 3.63) is 41.5 Å². The average Bonchev–Trinajstić information content (AvgIpc) is 2.92. The molecule has 5 nitrogen and oxygen atoms in total. The summed E-state index contributed by atoms with van der Waals surface area (Å²) < 4.78 is 8.15. The summed E-state index contributed by atoms with van der Waals surface area (Å²) in [5.74, 6) is 3.34. The maximum absolute atomic E-state index is 5.97. The second kappa shape index (κ2) is 6.48. The number of hydrogen-bond donors (Lipinski definition) is 1. The maximum Gasteiger partial charge on any atom is 0.171 e. The second-order valence-electron chi connectivity index (χ2n) is 5.90. The van der Waals surface area contributed by atoms with Gasteiger partial charge >= 0.3 is 0 Å². The van der Waals surface area contributed by atoms with Gasteiger partial charge in [-0.2, -0.15) is 0 Å². The molecule has 1 heterocycles. The number of nitrogens with zero attached hydrogens (tertiary/aromatic N) is 3. The third-order valence-corrected chi connectivity index (χ3v) is 4.42. The van der Waals surface area contributed by atoms with Gasteiger partial charge in [-0.1, -0.05) is 25.1 Å². The molecule has 0 spiro atoms. The van der Waals surface area contributed by atoms with E-state index in [0.29, 0.717) is 18.6 Å². The SMILES string of the molecule is CCc1ccccc1OCc1nnc(C2CC(N)C2)n1CC. The summed E-state index contributed by atoms with van der Waals surface area (Å²) >= 11 is 0. The second-order valence-corrected chi connectivity index (χ2v) is 5.90. The summed E-state index contributed by atoms with van der Waals surface area (Å²) in [6.45, 7) is 5.57. The Morgan fingerprint density at radius 1 is 1.23 bits per heavy atom. The topological polar surface area (TPSA) is 66.0 Å². The van der Waals surface area contributed by atoms with Crippen LogP contribution in [-0.4, -0.2) is 20.8 Å².